The van der Waals surface area contributed by atoms with Gasteiger partial charge in [0.1, 0.15) is 11.6 Å². The van der Waals surface area contributed by atoms with Crippen molar-refractivity contribution in [3.05, 3.63) is 35.9 Å². The second kappa shape index (κ2) is 9.21. The number of ether oxygens (including phenoxy) is 1. The summed E-state index contributed by atoms with van der Waals surface area (Å²) in [5, 5.41) is 16.2. The van der Waals surface area contributed by atoms with Gasteiger partial charge in [0.2, 0.25) is 17.7 Å². The molecule has 3 aliphatic heterocycles. The molecule has 3 amide bonds. The van der Waals surface area contributed by atoms with Crippen molar-refractivity contribution in [3.63, 3.8) is 0 Å². The first-order chi connectivity index (χ1) is 16.5. The highest BCUT2D eigenvalue weighted by Crippen LogP contribution is 2.65. The molecule has 3 aliphatic rings. The molecule has 1 aromatic carbocycles. The average Bonchev–Trinajstić information content (AvgIpc) is 3.30. The number of likely N-dealkylation sites (tertiary alicyclic amines) is 1. The van der Waals surface area contributed by atoms with Crippen molar-refractivity contribution in [1.82, 2.24) is 15.5 Å². The minimum Gasteiger partial charge on any atom is -0.394 e. The van der Waals surface area contributed by atoms with Gasteiger partial charge in [0.25, 0.3) is 0 Å². The van der Waals surface area contributed by atoms with Gasteiger partial charge in [-0.25, -0.2) is 0 Å². The van der Waals surface area contributed by atoms with Crippen molar-refractivity contribution in [3.8, 4) is 0 Å². The molecule has 35 heavy (non-hydrogen) atoms. The fraction of sp³-hybridized carbons (Fsp3) is 0.667. The monoisotopic (exact) mass is 485 g/mol. The molecule has 0 radical (unpaired) electrons. The van der Waals surface area contributed by atoms with Gasteiger partial charge in [0.05, 0.1) is 30.1 Å². The minimum atomic E-state index is -1.11. The molecule has 1 spiro atoms. The molecule has 192 valence electrons. The molecule has 3 unspecified atom stereocenters. The molecule has 4 rings (SSSR count). The molecular weight excluding hydrogens is 446 g/mol. The summed E-state index contributed by atoms with van der Waals surface area (Å²) >= 11 is 0. The number of hydrogen-bond donors (Lipinski definition) is 3. The van der Waals surface area contributed by atoms with Gasteiger partial charge in [-0.2, -0.15) is 0 Å². The largest absolute Gasteiger partial charge is 0.394 e. The average molecular weight is 486 g/mol. The summed E-state index contributed by atoms with van der Waals surface area (Å²) in [6.45, 7) is 11.6. The number of aliphatic hydroxyl groups is 1. The molecule has 0 aliphatic carbocycles. The Kier molecular flexibility index (Phi) is 6.74. The molecule has 3 saturated heterocycles. The lowest BCUT2D eigenvalue weighted by Gasteiger charge is -2.38. The number of nitrogens with zero attached hydrogens (tertiary/aromatic N) is 1. The lowest BCUT2D eigenvalue weighted by Crippen LogP contribution is -2.59. The normalized spacial score (nSPS) is 34.4. The first kappa shape index (κ1) is 25.6. The Morgan fingerprint density at radius 1 is 1.17 bits per heavy atom. The molecule has 1 aromatic rings. The Balaban J connectivity index is 1.74. The Morgan fingerprint density at radius 3 is 2.40 bits per heavy atom. The number of rotatable bonds is 8. The first-order valence-corrected chi connectivity index (χ1v) is 12.7. The van der Waals surface area contributed by atoms with Crippen LogP contribution in [0.2, 0.25) is 0 Å². The molecule has 0 aromatic heterocycles. The SMILES string of the molecule is CC(C)NC(=O)C1N([C@@H](CO)C(C)C)C(=O)[C@@H]2[C@@H](C(=O)NCc3ccccc3)[C@]3(C)OC12CC3C. The van der Waals surface area contributed by atoms with E-state index in [-0.39, 0.29) is 42.2 Å². The Hall–Kier alpha value is -2.45. The molecule has 2 bridgehead atoms. The van der Waals surface area contributed by atoms with Crippen molar-refractivity contribution in [2.75, 3.05) is 6.61 Å². The third-order valence-corrected chi connectivity index (χ3v) is 8.34. The van der Waals surface area contributed by atoms with Crippen LogP contribution in [0.1, 0.15) is 53.5 Å². The quantitative estimate of drug-likeness (QED) is 0.521. The van der Waals surface area contributed by atoms with Crippen LogP contribution in [-0.2, 0) is 25.7 Å². The van der Waals surface area contributed by atoms with Crippen molar-refractivity contribution in [2.45, 2.75) is 83.8 Å². The maximum Gasteiger partial charge on any atom is 0.246 e. The highest BCUT2D eigenvalue weighted by atomic mass is 16.5. The number of fused-ring (bicyclic) bond motifs is 1. The number of nitrogens with one attached hydrogen (secondary N) is 2. The lowest BCUT2D eigenvalue weighted by atomic mass is 9.62. The molecular formula is C27H39N3O5. The number of aliphatic hydroxyl groups excluding tert-OH is 1. The first-order valence-electron chi connectivity index (χ1n) is 12.7. The van der Waals surface area contributed by atoms with E-state index in [2.05, 4.69) is 10.6 Å². The number of carbonyl (C=O) groups is 3. The van der Waals surface area contributed by atoms with Crippen molar-refractivity contribution in [1.29, 1.82) is 0 Å². The molecule has 8 heteroatoms. The van der Waals surface area contributed by atoms with E-state index in [0.29, 0.717) is 13.0 Å². The topological polar surface area (TPSA) is 108 Å². The van der Waals surface area contributed by atoms with E-state index in [9.17, 15) is 19.5 Å². The smallest absolute Gasteiger partial charge is 0.246 e. The fourth-order valence-corrected chi connectivity index (χ4v) is 6.61. The van der Waals surface area contributed by atoms with Crippen molar-refractivity contribution in [2.24, 2.45) is 23.7 Å². The van der Waals surface area contributed by atoms with Gasteiger partial charge in [-0.15, -0.1) is 0 Å². The second-order valence-corrected chi connectivity index (χ2v) is 11.3. The number of hydrogen-bond acceptors (Lipinski definition) is 5. The van der Waals surface area contributed by atoms with Crippen LogP contribution >= 0.6 is 0 Å². The Bertz CT molecular complexity index is 982. The molecule has 3 heterocycles. The summed E-state index contributed by atoms with van der Waals surface area (Å²) < 4.78 is 6.69. The third-order valence-electron chi connectivity index (χ3n) is 8.34. The van der Waals surface area contributed by atoms with Crippen LogP contribution in [0.4, 0.5) is 0 Å². The minimum absolute atomic E-state index is 0.0278. The van der Waals surface area contributed by atoms with Gasteiger partial charge < -0.3 is 25.4 Å². The van der Waals surface area contributed by atoms with Gasteiger partial charge in [-0.1, -0.05) is 51.1 Å². The van der Waals surface area contributed by atoms with E-state index in [1.54, 1.807) is 0 Å². The van der Waals surface area contributed by atoms with Gasteiger partial charge in [0, 0.05) is 12.6 Å². The Labute approximate surface area is 207 Å². The summed E-state index contributed by atoms with van der Waals surface area (Å²) in [5.74, 6) is -2.43. The maximum absolute atomic E-state index is 14.1. The van der Waals surface area contributed by atoms with E-state index >= 15 is 0 Å². The molecule has 0 saturated carbocycles. The van der Waals surface area contributed by atoms with Gasteiger partial charge in [0.15, 0.2) is 0 Å². The summed E-state index contributed by atoms with van der Waals surface area (Å²) in [4.78, 5) is 42.9. The summed E-state index contributed by atoms with van der Waals surface area (Å²) in [6.07, 6.45) is 0.505. The second-order valence-electron chi connectivity index (χ2n) is 11.3. The predicted molar refractivity (Wildman–Crippen MR) is 131 cm³/mol. The van der Waals surface area contributed by atoms with E-state index in [0.717, 1.165) is 5.56 Å². The summed E-state index contributed by atoms with van der Waals surface area (Å²) in [7, 11) is 0. The number of benzene rings is 1. The van der Waals surface area contributed by atoms with Crippen LogP contribution in [0.5, 0.6) is 0 Å². The van der Waals surface area contributed by atoms with E-state index in [4.69, 9.17) is 4.74 Å². The van der Waals surface area contributed by atoms with Crippen LogP contribution in [-0.4, -0.2) is 63.7 Å². The molecule has 8 nitrogen and oxygen atoms in total. The van der Waals surface area contributed by atoms with Gasteiger partial charge in [-0.05, 0) is 44.6 Å². The number of carbonyl (C=O) groups excluding carboxylic acids is 3. The summed E-state index contributed by atoms with van der Waals surface area (Å²) in [6, 6.07) is 8.04. The van der Waals surface area contributed by atoms with E-state index in [1.807, 2.05) is 71.9 Å². The van der Waals surface area contributed by atoms with Crippen molar-refractivity contribution < 1.29 is 24.2 Å². The zero-order chi connectivity index (χ0) is 25.7. The highest BCUT2D eigenvalue weighted by molar-refractivity contribution is 5.99. The predicted octanol–water partition coefficient (Wildman–Crippen LogP) is 1.86. The van der Waals surface area contributed by atoms with E-state index in [1.165, 1.54) is 4.90 Å². The zero-order valence-corrected chi connectivity index (χ0v) is 21.6. The van der Waals surface area contributed by atoms with Gasteiger partial charge in [-0.3, -0.25) is 14.4 Å². The van der Waals surface area contributed by atoms with Crippen molar-refractivity contribution >= 4 is 17.7 Å². The number of amides is 3. The van der Waals surface area contributed by atoms with Crippen LogP contribution in [0.25, 0.3) is 0 Å². The van der Waals surface area contributed by atoms with Crippen LogP contribution in [0.3, 0.4) is 0 Å². The van der Waals surface area contributed by atoms with Crippen LogP contribution < -0.4 is 10.6 Å². The third kappa shape index (κ3) is 3.95. The molecule has 3 fully saturated rings. The molecule has 3 N–H and O–H groups in total. The lowest BCUT2D eigenvalue weighted by molar-refractivity contribution is -0.152. The highest BCUT2D eigenvalue weighted by Gasteiger charge is 2.80. The maximum atomic E-state index is 14.1. The van der Waals surface area contributed by atoms with Crippen LogP contribution in [0, 0.1) is 23.7 Å². The van der Waals surface area contributed by atoms with Crippen LogP contribution in [0.15, 0.2) is 30.3 Å². The molecule has 7 atom stereocenters. The van der Waals surface area contributed by atoms with E-state index < -0.39 is 35.1 Å². The summed E-state index contributed by atoms with van der Waals surface area (Å²) in [5.41, 5.74) is -1.01. The Morgan fingerprint density at radius 2 is 1.83 bits per heavy atom. The fourth-order valence-electron chi connectivity index (χ4n) is 6.61. The zero-order valence-electron chi connectivity index (χ0n) is 21.6. The standard InChI is InChI=1S/C27H39N3O5/c1-15(2)19(14-31)30-22(24(33)29-16(3)4)27-12-17(5)26(6,35-27)20(21(27)25(30)34)23(32)28-13-18-10-8-7-9-11-18/h7-11,15-17,19-22,31H,12-14H2,1-6H3,(H,28,32)(H,29,33)/t17?,19-,20-,21-,22?,26+,27?/m0/s1. The van der Waals surface area contributed by atoms with Gasteiger partial charge >= 0.3 is 0 Å².